The number of carboxylic acid groups (broad SMARTS) is 1. The van der Waals surface area contributed by atoms with Gasteiger partial charge in [0.15, 0.2) is 0 Å². The second-order valence-electron chi connectivity index (χ2n) is 8.31. The molecule has 2 aromatic carbocycles. The van der Waals surface area contributed by atoms with E-state index >= 15 is 0 Å². The zero-order valence-electron chi connectivity index (χ0n) is 15.5. The third-order valence-corrected chi connectivity index (χ3v) is 6.69. The van der Waals surface area contributed by atoms with Gasteiger partial charge in [0.25, 0.3) is 0 Å². The molecule has 2 aliphatic carbocycles. The molecule has 4 unspecified atom stereocenters. The van der Waals surface area contributed by atoms with Crippen LogP contribution in [-0.4, -0.2) is 11.1 Å². The Balaban J connectivity index is 1.73. The van der Waals surface area contributed by atoms with Crippen molar-refractivity contribution in [1.82, 2.24) is 0 Å². The Kier molecular flexibility index (Phi) is 4.84. The Morgan fingerprint density at radius 2 is 1.73 bits per heavy atom. The number of aromatic carboxylic acids is 1. The van der Waals surface area contributed by atoms with Crippen molar-refractivity contribution in [3.05, 3.63) is 70.8 Å². The quantitative estimate of drug-likeness (QED) is 0.720. The Bertz CT molecular complexity index is 777. The van der Waals surface area contributed by atoms with Crippen molar-refractivity contribution >= 4 is 5.97 Å². The molecule has 2 heteroatoms. The van der Waals surface area contributed by atoms with Gasteiger partial charge in [-0.1, -0.05) is 49.7 Å². The molecular weight excluding hydrogens is 320 g/mol. The second kappa shape index (κ2) is 7.26. The molecule has 2 nitrogen and oxygen atoms in total. The molecule has 26 heavy (non-hydrogen) atoms. The molecule has 1 saturated carbocycles. The Morgan fingerprint density at radius 1 is 0.962 bits per heavy atom. The van der Waals surface area contributed by atoms with Crippen LogP contribution in [-0.2, 0) is 6.42 Å². The summed E-state index contributed by atoms with van der Waals surface area (Å²) in [5, 5.41) is 9.21. The molecule has 0 bridgehead atoms. The molecule has 0 heterocycles. The van der Waals surface area contributed by atoms with Gasteiger partial charge in [0.2, 0.25) is 0 Å². The van der Waals surface area contributed by atoms with Gasteiger partial charge >= 0.3 is 5.97 Å². The molecular formula is C24H28O2. The van der Waals surface area contributed by atoms with Crippen LogP contribution < -0.4 is 0 Å². The Labute approximate surface area is 156 Å². The molecule has 0 saturated heterocycles. The van der Waals surface area contributed by atoms with E-state index in [1.807, 2.05) is 0 Å². The minimum atomic E-state index is -0.841. The topological polar surface area (TPSA) is 37.3 Å². The van der Waals surface area contributed by atoms with Crippen LogP contribution in [0.15, 0.2) is 48.5 Å². The third-order valence-electron chi connectivity index (χ3n) is 6.69. The number of hydrogen-bond donors (Lipinski definition) is 1. The minimum Gasteiger partial charge on any atom is -0.478 e. The summed E-state index contributed by atoms with van der Waals surface area (Å²) in [7, 11) is 0. The van der Waals surface area contributed by atoms with Crippen molar-refractivity contribution in [1.29, 1.82) is 0 Å². The molecule has 0 aliphatic heterocycles. The van der Waals surface area contributed by atoms with E-state index in [4.69, 9.17) is 0 Å². The number of carbonyl (C=O) groups is 1. The van der Waals surface area contributed by atoms with Gasteiger partial charge in [-0.25, -0.2) is 4.79 Å². The van der Waals surface area contributed by atoms with Gasteiger partial charge in [-0.2, -0.15) is 0 Å². The van der Waals surface area contributed by atoms with Crippen LogP contribution in [0.2, 0.25) is 0 Å². The molecule has 2 aliphatic rings. The number of hydrogen-bond acceptors (Lipinski definition) is 1. The van der Waals surface area contributed by atoms with E-state index < -0.39 is 5.97 Å². The highest BCUT2D eigenvalue weighted by molar-refractivity contribution is 5.87. The normalized spacial score (nSPS) is 28.3. The van der Waals surface area contributed by atoms with Crippen LogP contribution in [0.1, 0.15) is 77.9 Å². The summed E-state index contributed by atoms with van der Waals surface area (Å²) in [6.45, 7) is 2.39. The number of benzene rings is 2. The smallest absolute Gasteiger partial charge is 0.335 e. The Hall–Kier alpha value is -2.09. The lowest BCUT2D eigenvalue weighted by atomic mass is 9.73. The maximum Gasteiger partial charge on any atom is 0.335 e. The molecule has 1 fully saturated rings. The highest BCUT2D eigenvalue weighted by Crippen LogP contribution is 2.51. The van der Waals surface area contributed by atoms with Gasteiger partial charge in [-0.15, -0.1) is 0 Å². The van der Waals surface area contributed by atoms with Gasteiger partial charge in [0.05, 0.1) is 5.56 Å². The van der Waals surface area contributed by atoms with Gasteiger partial charge in [0.1, 0.15) is 0 Å². The highest BCUT2D eigenvalue weighted by Gasteiger charge is 2.37. The number of carboxylic acids is 1. The predicted molar refractivity (Wildman–Crippen MR) is 105 cm³/mol. The molecule has 2 aromatic rings. The van der Waals surface area contributed by atoms with Crippen molar-refractivity contribution in [2.45, 2.75) is 57.3 Å². The van der Waals surface area contributed by atoms with Gasteiger partial charge in [-0.3, -0.25) is 0 Å². The summed E-state index contributed by atoms with van der Waals surface area (Å²) >= 11 is 0. The zero-order chi connectivity index (χ0) is 18.1. The average Bonchev–Trinajstić information content (AvgIpc) is 3.14. The lowest BCUT2D eigenvalue weighted by Crippen LogP contribution is -2.18. The summed E-state index contributed by atoms with van der Waals surface area (Å²) in [5.74, 6) is 1.71. The lowest BCUT2D eigenvalue weighted by Gasteiger charge is -2.31. The average molecular weight is 348 g/mol. The molecule has 136 valence electrons. The molecule has 4 rings (SSSR count). The standard InChI is InChI=1S/C24H28O2/c1-16-9-10-17-5-2-3-6-20(17)21-7-4-8-22(21)23(15-16)18-11-13-19(14-12-18)24(25)26/h2-3,5-6,11-14,16,21-23H,4,7-10,15H2,1H3,(H,25,26). The van der Waals surface area contributed by atoms with Crippen molar-refractivity contribution in [2.75, 3.05) is 0 Å². The third kappa shape index (κ3) is 3.30. The molecule has 0 spiro atoms. The van der Waals surface area contributed by atoms with Crippen LogP contribution in [0.4, 0.5) is 0 Å². The number of fused-ring (bicyclic) bond motifs is 3. The highest BCUT2D eigenvalue weighted by atomic mass is 16.4. The van der Waals surface area contributed by atoms with Crippen LogP contribution in [0.5, 0.6) is 0 Å². The zero-order valence-corrected chi connectivity index (χ0v) is 15.5. The van der Waals surface area contributed by atoms with E-state index in [0.717, 1.165) is 0 Å². The van der Waals surface area contributed by atoms with E-state index in [0.29, 0.717) is 29.2 Å². The summed E-state index contributed by atoms with van der Waals surface area (Å²) in [6, 6.07) is 16.8. The van der Waals surface area contributed by atoms with Crippen LogP contribution >= 0.6 is 0 Å². The first-order chi connectivity index (χ1) is 12.6. The van der Waals surface area contributed by atoms with Crippen molar-refractivity contribution < 1.29 is 9.90 Å². The Morgan fingerprint density at radius 3 is 2.50 bits per heavy atom. The van der Waals surface area contributed by atoms with Crippen molar-refractivity contribution in [3.8, 4) is 0 Å². The van der Waals surface area contributed by atoms with Crippen molar-refractivity contribution in [3.63, 3.8) is 0 Å². The molecule has 4 atom stereocenters. The van der Waals surface area contributed by atoms with Gasteiger partial charge in [-0.05, 0) is 84.6 Å². The number of rotatable bonds is 2. The lowest BCUT2D eigenvalue weighted by molar-refractivity contribution is 0.0697. The van der Waals surface area contributed by atoms with E-state index in [1.54, 1.807) is 23.3 Å². The summed E-state index contributed by atoms with van der Waals surface area (Å²) in [6.07, 6.45) is 7.52. The number of aryl methyl sites for hydroxylation is 1. The molecule has 1 N–H and O–H groups in total. The van der Waals surface area contributed by atoms with Gasteiger partial charge < -0.3 is 5.11 Å². The van der Waals surface area contributed by atoms with Crippen LogP contribution in [0.25, 0.3) is 0 Å². The summed E-state index contributed by atoms with van der Waals surface area (Å²) in [5.41, 5.74) is 4.85. The van der Waals surface area contributed by atoms with E-state index in [1.165, 1.54) is 44.1 Å². The first kappa shape index (κ1) is 17.3. The largest absolute Gasteiger partial charge is 0.478 e. The minimum absolute atomic E-state index is 0.387. The first-order valence-corrected chi connectivity index (χ1v) is 10.0. The fourth-order valence-electron chi connectivity index (χ4n) is 5.36. The van der Waals surface area contributed by atoms with E-state index in [9.17, 15) is 9.90 Å². The van der Waals surface area contributed by atoms with Crippen molar-refractivity contribution in [2.24, 2.45) is 11.8 Å². The maximum absolute atomic E-state index is 11.2. The summed E-state index contributed by atoms with van der Waals surface area (Å²) < 4.78 is 0. The fraction of sp³-hybridized carbons (Fsp3) is 0.458. The fourth-order valence-corrected chi connectivity index (χ4v) is 5.36. The monoisotopic (exact) mass is 348 g/mol. The first-order valence-electron chi connectivity index (χ1n) is 10.0. The van der Waals surface area contributed by atoms with E-state index in [2.05, 4.69) is 43.3 Å². The molecule has 0 aromatic heterocycles. The SMILES string of the molecule is CC1CCc2ccccc2C2CCCC2C(c2ccc(C(=O)O)cc2)C1. The second-order valence-corrected chi connectivity index (χ2v) is 8.31. The molecule has 0 radical (unpaired) electrons. The van der Waals surface area contributed by atoms with Gasteiger partial charge in [0, 0.05) is 0 Å². The van der Waals surface area contributed by atoms with Crippen LogP contribution in [0.3, 0.4) is 0 Å². The maximum atomic E-state index is 11.2. The molecule has 0 amide bonds. The predicted octanol–water partition coefficient (Wildman–Crippen LogP) is 6.02. The summed E-state index contributed by atoms with van der Waals surface area (Å²) in [4.78, 5) is 11.2. The van der Waals surface area contributed by atoms with E-state index in [-0.39, 0.29) is 0 Å². The van der Waals surface area contributed by atoms with Crippen LogP contribution in [0, 0.1) is 11.8 Å².